The Morgan fingerprint density at radius 3 is 2.78 bits per heavy atom. The van der Waals surface area contributed by atoms with Crippen molar-refractivity contribution in [3.8, 4) is 0 Å². The number of carbonyl (C=O) groups is 1. The molecule has 98 valence electrons. The number of rotatable bonds is 3. The second kappa shape index (κ2) is 6.06. The van der Waals surface area contributed by atoms with Crippen LogP contribution >= 0.6 is 23.5 Å². The summed E-state index contributed by atoms with van der Waals surface area (Å²) >= 11 is 3.96. The van der Waals surface area contributed by atoms with E-state index in [2.05, 4.69) is 16.9 Å². The van der Waals surface area contributed by atoms with Crippen LogP contribution in [0.1, 0.15) is 47.4 Å². The van der Waals surface area contributed by atoms with E-state index in [0.717, 1.165) is 23.7 Å². The van der Waals surface area contributed by atoms with E-state index in [9.17, 15) is 4.79 Å². The molecule has 18 heavy (non-hydrogen) atoms. The molecule has 1 aliphatic rings. The highest BCUT2D eigenvalue weighted by atomic mass is 32.2. The Morgan fingerprint density at radius 2 is 2.17 bits per heavy atom. The van der Waals surface area contributed by atoms with E-state index in [4.69, 9.17) is 0 Å². The van der Waals surface area contributed by atoms with Crippen molar-refractivity contribution in [2.45, 2.75) is 37.7 Å². The van der Waals surface area contributed by atoms with Gasteiger partial charge >= 0.3 is 0 Å². The fraction of sp³-hybridized carbons (Fsp3) is 0.615. The summed E-state index contributed by atoms with van der Waals surface area (Å²) in [5.41, 5.74) is 1.44. The van der Waals surface area contributed by atoms with Crippen molar-refractivity contribution >= 4 is 29.3 Å². The van der Waals surface area contributed by atoms with Gasteiger partial charge in [-0.05, 0) is 20.3 Å². The van der Waals surface area contributed by atoms with Gasteiger partial charge < -0.3 is 0 Å². The summed E-state index contributed by atoms with van der Waals surface area (Å²) in [5, 5.41) is 0.958. The van der Waals surface area contributed by atoms with Crippen molar-refractivity contribution in [2.75, 3.05) is 11.5 Å². The van der Waals surface area contributed by atoms with Crippen molar-refractivity contribution in [2.24, 2.45) is 0 Å². The maximum Gasteiger partial charge on any atom is 0.163 e. The molecule has 5 heteroatoms. The molecule has 1 fully saturated rings. The number of aryl methyl sites for hydroxylation is 1. The van der Waals surface area contributed by atoms with Crippen LogP contribution in [0.2, 0.25) is 0 Å². The van der Waals surface area contributed by atoms with E-state index in [1.54, 1.807) is 13.1 Å². The Labute approximate surface area is 117 Å². The van der Waals surface area contributed by atoms with Gasteiger partial charge in [0.2, 0.25) is 0 Å². The molecular formula is C13H18N2OS2. The predicted molar refractivity (Wildman–Crippen MR) is 78.5 cm³/mol. The molecule has 0 aliphatic carbocycles. The van der Waals surface area contributed by atoms with Crippen molar-refractivity contribution in [1.29, 1.82) is 0 Å². The molecule has 2 atom stereocenters. The van der Waals surface area contributed by atoms with Crippen LogP contribution in [-0.4, -0.2) is 32.5 Å². The first kappa shape index (κ1) is 13.9. The average Bonchev–Trinajstić information content (AvgIpc) is 2.38. The van der Waals surface area contributed by atoms with Gasteiger partial charge in [-0.1, -0.05) is 6.92 Å². The third kappa shape index (κ3) is 2.88. The topological polar surface area (TPSA) is 42.9 Å². The summed E-state index contributed by atoms with van der Waals surface area (Å²) in [5.74, 6) is 3.30. The normalized spacial score (nSPS) is 23.9. The fourth-order valence-corrected chi connectivity index (χ4v) is 5.11. The summed E-state index contributed by atoms with van der Waals surface area (Å²) in [7, 11) is 0. The van der Waals surface area contributed by atoms with Gasteiger partial charge in [0.25, 0.3) is 0 Å². The molecule has 1 aliphatic heterocycles. The Balaban J connectivity index is 2.27. The van der Waals surface area contributed by atoms with Gasteiger partial charge in [0.1, 0.15) is 5.82 Å². The number of Topliss-reactive ketones (excluding diaryl/α,β-unsaturated/α-hetero) is 1. The molecule has 2 rings (SSSR count). The van der Waals surface area contributed by atoms with Gasteiger partial charge in [-0.15, -0.1) is 11.8 Å². The summed E-state index contributed by atoms with van der Waals surface area (Å²) in [6.45, 7) is 5.67. The standard InChI is InChI=1S/C13H18N2OS2/c1-4-11-12(18-6-5-17-11)13-14-7-10(9(3)16)8(2)15-13/h7,11-12H,4-6H2,1-3H3. The van der Waals surface area contributed by atoms with Gasteiger partial charge in [0, 0.05) is 23.0 Å². The van der Waals surface area contributed by atoms with Crippen LogP contribution in [0.4, 0.5) is 0 Å². The number of ketones is 1. The lowest BCUT2D eigenvalue weighted by molar-refractivity contribution is 0.101. The molecule has 3 nitrogen and oxygen atoms in total. The first-order valence-electron chi connectivity index (χ1n) is 6.21. The average molecular weight is 282 g/mol. The molecular weight excluding hydrogens is 264 g/mol. The van der Waals surface area contributed by atoms with Crippen LogP contribution in [0.5, 0.6) is 0 Å². The molecule has 0 radical (unpaired) electrons. The molecule has 0 spiro atoms. The summed E-state index contributed by atoms with van der Waals surface area (Å²) in [6, 6.07) is 0. The largest absolute Gasteiger partial charge is 0.294 e. The maximum absolute atomic E-state index is 11.4. The molecule has 2 heterocycles. The fourth-order valence-electron chi connectivity index (χ4n) is 2.11. The molecule has 0 aromatic carbocycles. The second-order valence-electron chi connectivity index (χ2n) is 4.39. The van der Waals surface area contributed by atoms with Crippen LogP contribution in [0.15, 0.2) is 6.20 Å². The highest BCUT2D eigenvalue weighted by Crippen LogP contribution is 2.42. The Bertz CT molecular complexity index is 451. The Hall–Kier alpha value is -0.550. The SMILES string of the molecule is CCC1SCCSC1c1ncc(C(C)=O)c(C)n1. The number of thioether (sulfide) groups is 2. The molecule has 1 aromatic heterocycles. The predicted octanol–water partition coefficient (Wildman–Crippen LogP) is 3.29. The summed E-state index contributed by atoms with van der Waals surface area (Å²) in [4.78, 5) is 20.4. The second-order valence-corrected chi connectivity index (χ2v) is 6.99. The minimum absolute atomic E-state index is 0.0387. The van der Waals surface area contributed by atoms with E-state index in [1.807, 2.05) is 30.4 Å². The summed E-state index contributed by atoms with van der Waals surface area (Å²) < 4.78 is 0. The molecule has 2 unspecified atom stereocenters. The highest BCUT2D eigenvalue weighted by molar-refractivity contribution is 8.06. The van der Waals surface area contributed by atoms with Crippen LogP contribution in [0.3, 0.4) is 0 Å². The van der Waals surface area contributed by atoms with Crippen molar-refractivity contribution < 1.29 is 4.79 Å². The number of nitrogens with zero attached hydrogens (tertiary/aromatic N) is 2. The van der Waals surface area contributed by atoms with Gasteiger partial charge in [0.05, 0.1) is 16.5 Å². The molecule has 0 amide bonds. The van der Waals surface area contributed by atoms with E-state index in [1.165, 1.54) is 5.75 Å². The van der Waals surface area contributed by atoms with Crippen LogP contribution < -0.4 is 0 Å². The lowest BCUT2D eigenvalue weighted by Crippen LogP contribution is -2.21. The van der Waals surface area contributed by atoms with E-state index < -0.39 is 0 Å². The Kier molecular flexibility index (Phi) is 4.67. The van der Waals surface area contributed by atoms with Crippen LogP contribution in [0.25, 0.3) is 0 Å². The third-order valence-corrected chi connectivity index (χ3v) is 6.33. The molecule has 1 aromatic rings. The minimum atomic E-state index is 0.0387. The van der Waals surface area contributed by atoms with Gasteiger partial charge in [0.15, 0.2) is 5.78 Å². The lowest BCUT2D eigenvalue weighted by Gasteiger charge is -2.28. The summed E-state index contributed by atoms with van der Waals surface area (Å²) in [6.07, 6.45) is 2.83. The number of hydrogen-bond acceptors (Lipinski definition) is 5. The van der Waals surface area contributed by atoms with Crippen LogP contribution in [0, 0.1) is 6.92 Å². The Morgan fingerprint density at radius 1 is 1.44 bits per heavy atom. The zero-order valence-electron chi connectivity index (χ0n) is 11.0. The third-order valence-electron chi connectivity index (χ3n) is 3.08. The molecule has 0 saturated carbocycles. The zero-order chi connectivity index (χ0) is 13.1. The lowest BCUT2D eigenvalue weighted by atomic mass is 10.1. The smallest absolute Gasteiger partial charge is 0.163 e. The van der Waals surface area contributed by atoms with E-state index in [-0.39, 0.29) is 5.78 Å². The number of hydrogen-bond donors (Lipinski definition) is 0. The van der Waals surface area contributed by atoms with Gasteiger partial charge in [-0.25, -0.2) is 9.97 Å². The van der Waals surface area contributed by atoms with Gasteiger partial charge in [-0.2, -0.15) is 11.8 Å². The van der Waals surface area contributed by atoms with Crippen LogP contribution in [-0.2, 0) is 0 Å². The quantitative estimate of drug-likeness (QED) is 0.796. The first-order chi connectivity index (χ1) is 8.63. The van der Waals surface area contributed by atoms with Gasteiger partial charge in [-0.3, -0.25) is 4.79 Å². The monoisotopic (exact) mass is 282 g/mol. The highest BCUT2D eigenvalue weighted by Gasteiger charge is 2.29. The maximum atomic E-state index is 11.4. The number of carbonyl (C=O) groups excluding carboxylic acids is 1. The van der Waals surface area contributed by atoms with E-state index >= 15 is 0 Å². The van der Waals surface area contributed by atoms with Crippen molar-refractivity contribution in [3.63, 3.8) is 0 Å². The van der Waals surface area contributed by atoms with Crippen molar-refractivity contribution in [3.05, 3.63) is 23.3 Å². The molecule has 0 bridgehead atoms. The number of aromatic nitrogens is 2. The zero-order valence-corrected chi connectivity index (χ0v) is 12.6. The van der Waals surface area contributed by atoms with E-state index in [0.29, 0.717) is 16.1 Å². The molecule has 0 N–H and O–H groups in total. The first-order valence-corrected chi connectivity index (χ1v) is 8.31. The molecule has 1 saturated heterocycles. The van der Waals surface area contributed by atoms with Crippen molar-refractivity contribution in [1.82, 2.24) is 9.97 Å². The minimum Gasteiger partial charge on any atom is -0.294 e.